The van der Waals surface area contributed by atoms with E-state index in [1.165, 1.54) is 6.21 Å². The first-order chi connectivity index (χ1) is 11.9. The maximum absolute atomic E-state index is 12.1. The monoisotopic (exact) mass is 348 g/mol. The van der Waals surface area contributed by atoms with E-state index in [1.54, 1.807) is 4.90 Å². The Kier molecular flexibility index (Phi) is 6.67. The first kappa shape index (κ1) is 19.1. The summed E-state index contributed by atoms with van der Waals surface area (Å²) < 4.78 is 11.2. The van der Waals surface area contributed by atoms with Gasteiger partial charge in [-0.3, -0.25) is 0 Å². The summed E-state index contributed by atoms with van der Waals surface area (Å²) in [4.78, 5) is 13.9. The van der Waals surface area contributed by atoms with E-state index in [9.17, 15) is 4.79 Å². The van der Waals surface area contributed by atoms with Crippen molar-refractivity contribution in [2.75, 3.05) is 19.7 Å². The summed E-state index contributed by atoms with van der Waals surface area (Å²) in [6.07, 6.45) is 4.01. The third-order valence-corrected chi connectivity index (χ3v) is 4.17. The normalized spacial score (nSPS) is 16.2. The molecular weight excluding hydrogens is 320 g/mol. The van der Waals surface area contributed by atoms with Gasteiger partial charge in [0.1, 0.15) is 11.4 Å². The zero-order valence-electron chi connectivity index (χ0n) is 15.3. The van der Waals surface area contributed by atoms with Crippen LogP contribution in [0.1, 0.15) is 45.6 Å². The van der Waals surface area contributed by atoms with Crippen LogP contribution in [0.15, 0.2) is 29.4 Å². The molecule has 0 unspecified atom stereocenters. The molecule has 138 valence electrons. The fraction of sp³-hybridized carbons (Fsp3) is 0.579. The van der Waals surface area contributed by atoms with Crippen molar-refractivity contribution in [3.8, 4) is 5.75 Å². The van der Waals surface area contributed by atoms with Gasteiger partial charge in [0, 0.05) is 18.7 Å². The second kappa shape index (κ2) is 8.74. The number of benzene rings is 1. The Labute approximate surface area is 149 Å². The molecule has 25 heavy (non-hydrogen) atoms. The van der Waals surface area contributed by atoms with E-state index in [0.29, 0.717) is 18.3 Å². The number of oxime groups is 1. The van der Waals surface area contributed by atoms with Gasteiger partial charge in [0.15, 0.2) is 0 Å². The minimum absolute atomic E-state index is 0.223. The number of carbonyl (C=O) groups excluding carboxylic acids is 1. The van der Waals surface area contributed by atoms with Gasteiger partial charge in [0.05, 0.1) is 12.8 Å². The number of carbonyl (C=O) groups is 1. The van der Waals surface area contributed by atoms with Crippen molar-refractivity contribution in [2.45, 2.75) is 45.6 Å². The first-order valence-corrected chi connectivity index (χ1v) is 8.76. The van der Waals surface area contributed by atoms with Crippen molar-refractivity contribution in [3.05, 3.63) is 29.8 Å². The number of ether oxygens (including phenoxy) is 2. The Bertz CT molecular complexity index is 587. The topological polar surface area (TPSA) is 71.4 Å². The van der Waals surface area contributed by atoms with E-state index in [1.807, 2.05) is 45.0 Å². The Balaban J connectivity index is 1.73. The standard InChI is InChI=1S/C19H28N2O4/c1-19(2,3)25-18(22)21-11-8-15(9-12-21)10-13-24-17-7-5-4-6-16(17)14-20-23/h4-7,14-15,23H,8-13H2,1-3H3. The molecule has 0 radical (unpaired) electrons. The van der Waals surface area contributed by atoms with Crippen LogP contribution in [0.3, 0.4) is 0 Å². The molecule has 0 spiro atoms. The molecule has 2 rings (SSSR count). The summed E-state index contributed by atoms with van der Waals surface area (Å²) in [5, 5.41) is 11.7. The average Bonchev–Trinajstić information content (AvgIpc) is 2.56. The van der Waals surface area contributed by atoms with Crippen molar-refractivity contribution in [2.24, 2.45) is 11.1 Å². The number of rotatable bonds is 5. The van der Waals surface area contributed by atoms with E-state index in [-0.39, 0.29) is 6.09 Å². The van der Waals surface area contributed by atoms with E-state index >= 15 is 0 Å². The SMILES string of the molecule is CC(C)(C)OC(=O)N1CCC(CCOc2ccccc2C=NO)CC1. The zero-order chi connectivity index (χ0) is 18.3. The van der Waals surface area contributed by atoms with Gasteiger partial charge in [-0.1, -0.05) is 17.3 Å². The largest absolute Gasteiger partial charge is 0.493 e. The highest BCUT2D eigenvalue weighted by Crippen LogP contribution is 2.23. The molecule has 1 aromatic carbocycles. The molecule has 0 saturated carbocycles. The molecule has 1 saturated heterocycles. The van der Waals surface area contributed by atoms with Crippen LogP contribution in [0.4, 0.5) is 4.79 Å². The fourth-order valence-electron chi connectivity index (χ4n) is 2.85. The van der Waals surface area contributed by atoms with Crippen LogP contribution in [-0.2, 0) is 4.74 Å². The van der Waals surface area contributed by atoms with Crippen molar-refractivity contribution in [1.82, 2.24) is 4.90 Å². The lowest BCUT2D eigenvalue weighted by Crippen LogP contribution is -2.41. The summed E-state index contributed by atoms with van der Waals surface area (Å²) in [6, 6.07) is 7.47. The molecule has 1 amide bonds. The second-order valence-electron chi connectivity index (χ2n) is 7.33. The van der Waals surface area contributed by atoms with Crippen molar-refractivity contribution in [3.63, 3.8) is 0 Å². The number of para-hydroxylation sites is 1. The molecule has 1 aromatic rings. The lowest BCUT2D eigenvalue weighted by Gasteiger charge is -2.33. The molecule has 0 atom stereocenters. The number of hydrogen-bond donors (Lipinski definition) is 1. The van der Waals surface area contributed by atoms with Crippen LogP contribution < -0.4 is 4.74 Å². The number of likely N-dealkylation sites (tertiary alicyclic amines) is 1. The number of amides is 1. The minimum Gasteiger partial charge on any atom is -0.493 e. The third-order valence-electron chi connectivity index (χ3n) is 4.17. The molecular formula is C19H28N2O4. The summed E-state index contributed by atoms with van der Waals surface area (Å²) in [6.45, 7) is 7.71. The molecule has 1 aliphatic heterocycles. The van der Waals surface area contributed by atoms with Gasteiger partial charge >= 0.3 is 6.09 Å². The molecule has 1 N–H and O–H groups in total. The van der Waals surface area contributed by atoms with E-state index < -0.39 is 5.60 Å². The number of hydrogen-bond acceptors (Lipinski definition) is 5. The molecule has 0 bridgehead atoms. The number of piperidine rings is 1. The van der Waals surface area contributed by atoms with Crippen LogP contribution in [0.25, 0.3) is 0 Å². The molecule has 6 nitrogen and oxygen atoms in total. The maximum Gasteiger partial charge on any atom is 0.410 e. The van der Waals surface area contributed by atoms with Crippen molar-refractivity contribution in [1.29, 1.82) is 0 Å². The van der Waals surface area contributed by atoms with E-state index in [2.05, 4.69) is 5.16 Å². The Hall–Kier alpha value is -2.24. The highest BCUT2D eigenvalue weighted by atomic mass is 16.6. The van der Waals surface area contributed by atoms with Gasteiger partial charge in [-0.05, 0) is 58.1 Å². The Morgan fingerprint density at radius 2 is 2.00 bits per heavy atom. The van der Waals surface area contributed by atoms with Crippen molar-refractivity contribution >= 4 is 12.3 Å². The van der Waals surface area contributed by atoms with Crippen LogP contribution in [0.2, 0.25) is 0 Å². The van der Waals surface area contributed by atoms with Crippen LogP contribution >= 0.6 is 0 Å². The van der Waals surface area contributed by atoms with Gasteiger partial charge in [0.2, 0.25) is 0 Å². The van der Waals surface area contributed by atoms with Gasteiger partial charge in [-0.25, -0.2) is 4.79 Å². The quantitative estimate of drug-likeness (QED) is 0.497. The zero-order valence-corrected chi connectivity index (χ0v) is 15.3. The predicted molar refractivity (Wildman–Crippen MR) is 96.5 cm³/mol. The third kappa shape index (κ3) is 6.29. The lowest BCUT2D eigenvalue weighted by molar-refractivity contribution is 0.0177. The summed E-state index contributed by atoms with van der Waals surface area (Å²) in [5.74, 6) is 1.25. The van der Waals surface area contributed by atoms with Gasteiger partial charge in [-0.2, -0.15) is 0 Å². The molecule has 0 aliphatic carbocycles. The van der Waals surface area contributed by atoms with Gasteiger partial charge in [-0.15, -0.1) is 0 Å². The Morgan fingerprint density at radius 3 is 2.64 bits per heavy atom. The summed E-state index contributed by atoms with van der Waals surface area (Å²) in [5.41, 5.74) is 0.303. The molecule has 1 aliphatic rings. The fourth-order valence-corrected chi connectivity index (χ4v) is 2.85. The number of nitrogens with zero attached hydrogens (tertiary/aromatic N) is 2. The van der Waals surface area contributed by atoms with Crippen LogP contribution in [0.5, 0.6) is 5.75 Å². The maximum atomic E-state index is 12.1. The average molecular weight is 348 g/mol. The molecule has 1 heterocycles. The highest BCUT2D eigenvalue weighted by Gasteiger charge is 2.26. The summed E-state index contributed by atoms with van der Waals surface area (Å²) in [7, 11) is 0. The second-order valence-corrected chi connectivity index (χ2v) is 7.33. The highest BCUT2D eigenvalue weighted by molar-refractivity contribution is 5.82. The smallest absolute Gasteiger partial charge is 0.410 e. The van der Waals surface area contributed by atoms with Crippen molar-refractivity contribution < 1.29 is 19.5 Å². The lowest BCUT2D eigenvalue weighted by atomic mass is 9.94. The minimum atomic E-state index is -0.451. The van der Waals surface area contributed by atoms with Crippen LogP contribution in [-0.4, -0.2) is 47.7 Å². The van der Waals surface area contributed by atoms with Crippen LogP contribution in [0, 0.1) is 5.92 Å². The van der Waals surface area contributed by atoms with Gasteiger partial charge in [0.25, 0.3) is 0 Å². The molecule has 1 fully saturated rings. The molecule has 0 aromatic heterocycles. The first-order valence-electron chi connectivity index (χ1n) is 8.76. The van der Waals surface area contributed by atoms with Gasteiger partial charge < -0.3 is 19.6 Å². The van der Waals surface area contributed by atoms with E-state index in [0.717, 1.165) is 37.9 Å². The molecule has 6 heteroatoms. The summed E-state index contributed by atoms with van der Waals surface area (Å²) >= 11 is 0. The Morgan fingerprint density at radius 1 is 1.32 bits per heavy atom. The van der Waals surface area contributed by atoms with E-state index in [4.69, 9.17) is 14.7 Å². The predicted octanol–water partition coefficient (Wildman–Crippen LogP) is 3.91.